The van der Waals surface area contributed by atoms with E-state index in [9.17, 15) is 9.59 Å². The van der Waals surface area contributed by atoms with Crippen molar-refractivity contribution in [3.63, 3.8) is 0 Å². The van der Waals surface area contributed by atoms with E-state index in [1.165, 1.54) is 0 Å². The van der Waals surface area contributed by atoms with Crippen molar-refractivity contribution in [3.05, 3.63) is 63.5 Å². The molecule has 0 atom stereocenters. The normalized spacial score (nSPS) is 15.2. The smallest absolute Gasteiger partial charge is 0.338 e. The summed E-state index contributed by atoms with van der Waals surface area (Å²) in [6, 6.07) is 13.8. The lowest BCUT2D eigenvalue weighted by atomic mass is 10.2. The number of anilines is 1. The number of benzene rings is 2. The van der Waals surface area contributed by atoms with E-state index in [4.69, 9.17) is 17.0 Å². The Bertz CT molecular complexity index is 935. The summed E-state index contributed by atoms with van der Waals surface area (Å²) in [7, 11) is 1.58. The number of thiocarbonyl (C=S) groups is 1. The van der Waals surface area contributed by atoms with Crippen LogP contribution in [0.25, 0.3) is 6.08 Å². The third kappa shape index (κ3) is 4.68. The second-order valence-electron chi connectivity index (χ2n) is 5.34. The van der Waals surface area contributed by atoms with Crippen molar-refractivity contribution in [3.8, 4) is 5.75 Å². The molecule has 138 valence electrons. The fourth-order valence-electron chi connectivity index (χ4n) is 2.27. The van der Waals surface area contributed by atoms with Crippen LogP contribution >= 0.6 is 39.9 Å². The highest BCUT2D eigenvalue weighted by molar-refractivity contribution is 9.10. The number of amides is 3. The molecule has 0 bridgehead atoms. The minimum absolute atomic E-state index is 0.252. The number of rotatable bonds is 4. The maximum Gasteiger partial charge on any atom is 0.338 e. The van der Waals surface area contributed by atoms with Gasteiger partial charge in [-0.1, -0.05) is 36.0 Å². The third-order valence-electron chi connectivity index (χ3n) is 3.51. The third-order valence-corrected chi connectivity index (χ3v) is 5.43. The van der Waals surface area contributed by atoms with Crippen molar-refractivity contribution in [2.24, 2.45) is 0 Å². The number of halogens is 1. The van der Waals surface area contributed by atoms with Crippen LogP contribution < -0.4 is 15.5 Å². The molecule has 1 aliphatic heterocycles. The molecule has 0 spiro atoms. The van der Waals surface area contributed by atoms with Gasteiger partial charge in [-0.05, 0) is 64.1 Å². The maximum absolute atomic E-state index is 12.6. The van der Waals surface area contributed by atoms with Crippen LogP contribution in [0.3, 0.4) is 0 Å². The number of para-hydroxylation sites is 1. The minimum Gasteiger partial charge on any atom is -0.496 e. The number of ether oxygens (including phenoxy) is 1. The van der Waals surface area contributed by atoms with E-state index in [0.29, 0.717) is 16.3 Å². The first-order valence-electron chi connectivity index (χ1n) is 7.72. The van der Waals surface area contributed by atoms with Crippen molar-refractivity contribution in [2.45, 2.75) is 0 Å². The predicted octanol–water partition coefficient (Wildman–Crippen LogP) is 4.40. The highest BCUT2D eigenvalue weighted by Crippen LogP contribution is 2.33. The van der Waals surface area contributed by atoms with Crippen LogP contribution in [-0.4, -0.2) is 28.4 Å². The van der Waals surface area contributed by atoms with E-state index in [-0.39, 0.29) is 10.2 Å². The summed E-state index contributed by atoms with van der Waals surface area (Å²) < 4.78 is 6.22. The van der Waals surface area contributed by atoms with Crippen LogP contribution in [0, 0.1) is 0 Å². The first kappa shape index (κ1) is 19.4. The zero-order valence-corrected chi connectivity index (χ0v) is 17.3. The van der Waals surface area contributed by atoms with Gasteiger partial charge in [0.2, 0.25) is 0 Å². The zero-order valence-electron chi connectivity index (χ0n) is 14.1. The van der Waals surface area contributed by atoms with Gasteiger partial charge in [0.1, 0.15) is 5.75 Å². The van der Waals surface area contributed by atoms with E-state index >= 15 is 0 Å². The molecule has 3 amide bonds. The Labute approximate surface area is 174 Å². The van der Waals surface area contributed by atoms with E-state index in [1.54, 1.807) is 43.5 Å². The fourth-order valence-corrected chi connectivity index (χ4v) is 4.01. The number of thioether (sulfide) groups is 1. The Hall–Kier alpha value is -2.36. The molecule has 6 nitrogen and oxygen atoms in total. The number of hydrogen-bond donors (Lipinski definition) is 2. The maximum atomic E-state index is 12.6. The van der Waals surface area contributed by atoms with Gasteiger partial charge in [0.25, 0.3) is 5.91 Å². The van der Waals surface area contributed by atoms with Gasteiger partial charge in [0.15, 0.2) is 4.32 Å². The summed E-state index contributed by atoms with van der Waals surface area (Å²) in [5.41, 5.74) is 3.89. The number of urea groups is 1. The van der Waals surface area contributed by atoms with Gasteiger partial charge < -0.3 is 10.1 Å². The summed E-state index contributed by atoms with van der Waals surface area (Å²) >= 11 is 9.75. The molecular formula is C18H14BrN3O3S2. The standard InChI is InChI=1S/C18H14BrN3O3S2/c1-25-14-8-7-11(9-13(14)19)10-15-16(23)22(18(26)27-15)21-17(24)20-12-5-3-2-4-6-12/h2-10H,1H3,(H2,20,21,24). The number of hydrazine groups is 1. The Morgan fingerprint density at radius 1 is 1.26 bits per heavy atom. The van der Waals surface area contributed by atoms with E-state index in [1.807, 2.05) is 18.2 Å². The van der Waals surface area contributed by atoms with Crippen LogP contribution in [0.2, 0.25) is 0 Å². The van der Waals surface area contributed by atoms with Crippen LogP contribution in [0.15, 0.2) is 57.9 Å². The van der Waals surface area contributed by atoms with Gasteiger partial charge in [-0.25, -0.2) is 10.2 Å². The van der Waals surface area contributed by atoms with E-state index in [0.717, 1.165) is 26.8 Å². The molecule has 9 heteroatoms. The molecule has 27 heavy (non-hydrogen) atoms. The molecule has 1 fully saturated rings. The molecule has 1 aliphatic rings. The highest BCUT2D eigenvalue weighted by atomic mass is 79.9. The van der Waals surface area contributed by atoms with Crippen molar-refractivity contribution < 1.29 is 14.3 Å². The molecule has 2 aromatic carbocycles. The summed E-state index contributed by atoms with van der Waals surface area (Å²) in [5.74, 6) is 0.305. The number of hydrogen-bond acceptors (Lipinski definition) is 5. The number of nitrogens with one attached hydrogen (secondary N) is 2. The van der Waals surface area contributed by atoms with Crippen LogP contribution in [0.5, 0.6) is 5.75 Å². The second-order valence-corrected chi connectivity index (χ2v) is 7.87. The quantitative estimate of drug-likeness (QED) is 0.519. The first-order valence-corrected chi connectivity index (χ1v) is 9.74. The van der Waals surface area contributed by atoms with Crippen LogP contribution in [0.1, 0.15) is 5.56 Å². The number of carbonyl (C=O) groups excluding carboxylic acids is 2. The largest absolute Gasteiger partial charge is 0.496 e. The second kappa shape index (κ2) is 8.55. The molecule has 1 saturated heterocycles. The molecule has 3 rings (SSSR count). The number of nitrogens with zero attached hydrogens (tertiary/aromatic N) is 1. The number of methoxy groups -OCH3 is 1. The molecular weight excluding hydrogens is 450 g/mol. The van der Waals surface area contributed by atoms with Gasteiger partial charge in [0.05, 0.1) is 16.5 Å². The molecule has 0 unspecified atom stereocenters. The molecule has 0 aromatic heterocycles. The average molecular weight is 464 g/mol. The first-order chi connectivity index (χ1) is 13.0. The zero-order chi connectivity index (χ0) is 19.4. The summed E-state index contributed by atoms with van der Waals surface area (Å²) in [6.07, 6.45) is 1.71. The van der Waals surface area contributed by atoms with Gasteiger partial charge >= 0.3 is 6.03 Å². The van der Waals surface area contributed by atoms with Gasteiger partial charge in [0, 0.05) is 5.69 Å². The molecule has 0 saturated carbocycles. The Morgan fingerprint density at radius 3 is 2.67 bits per heavy atom. The predicted molar refractivity (Wildman–Crippen MR) is 114 cm³/mol. The van der Waals surface area contributed by atoms with Crippen molar-refractivity contribution in [2.75, 3.05) is 12.4 Å². The molecule has 2 aromatic rings. The number of carbonyl (C=O) groups is 2. The van der Waals surface area contributed by atoms with Gasteiger partial charge in [-0.3, -0.25) is 4.79 Å². The minimum atomic E-state index is -0.550. The monoisotopic (exact) mass is 463 g/mol. The fraction of sp³-hybridized carbons (Fsp3) is 0.0556. The van der Waals surface area contributed by atoms with Gasteiger partial charge in [-0.15, -0.1) is 0 Å². The van der Waals surface area contributed by atoms with E-state index < -0.39 is 6.03 Å². The molecule has 0 radical (unpaired) electrons. The Balaban J connectivity index is 1.71. The van der Waals surface area contributed by atoms with Gasteiger partial charge in [-0.2, -0.15) is 5.01 Å². The Morgan fingerprint density at radius 2 is 2.00 bits per heavy atom. The van der Waals surface area contributed by atoms with Crippen LogP contribution in [0.4, 0.5) is 10.5 Å². The van der Waals surface area contributed by atoms with Crippen LogP contribution in [-0.2, 0) is 4.79 Å². The lowest BCUT2D eigenvalue weighted by molar-refractivity contribution is -0.123. The molecule has 0 aliphatic carbocycles. The topological polar surface area (TPSA) is 70.7 Å². The van der Waals surface area contributed by atoms with Crippen molar-refractivity contribution in [1.82, 2.24) is 10.4 Å². The highest BCUT2D eigenvalue weighted by Gasteiger charge is 2.33. The summed E-state index contributed by atoms with van der Waals surface area (Å²) in [4.78, 5) is 25.1. The Kier molecular flexibility index (Phi) is 6.15. The van der Waals surface area contributed by atoms with Crippen molar-refractivity contribution >= 4 is 67.9 Å². The molecule has 1 heterocycles. The van der Waals surface area contributed by atoms with E-state index in [2.05, 4.69) is 26.7 Å². The lowest BCUT2D eigenvalue weighted by Gasteiger charge is -2.16. The van der Waals surface area contributed by atoms with Crippen molar-refractivity contribution in [1.29, 1.82) is 0 Å². The summed E-state index contributed by atoms with van der Waals surface area (Å²) in [6.45, 7) is 0. The molecule has 2 N–H and O–H groups in total. The lowest BCUT2D eigenvalue weighted by Crippen LogP contribution is -2.46. The SMILES string of the molecule is COc1ccc(C=C2SC(=S)N(NC(=O)Nc3ccccc3)C2=O)cc1Br. The average Bonchev–Trinajstić information content (AvgIpc) is 2.90. The summed E-state index contributed by atoms with van der Waals surface area (Å²) in [5, 5.41) is 3.70.